The van der Waals surface area contributed by atoms with Crippen molar-refractivity contribution < 1.29 is 17.6 Å². The molecule has 0 fully saturated rings. The first kappa shape index (κ1) is 17.6. The fourth-order valence-corrected chi connectivity index (χ4v) is 1.85. The number of benzene rings is 1. The molecule has 0 aliphatic heterocycles. The molecule has 1 aromatic carbocycles. The first-order chi connectivity index (χ1) is 8.33. The van der Waals surface area contributed by atoms with Crippen LogP contribution in [0.5, 0.6) is 0 Å². The summed E-state index contributed by atoms with van der Waals surface area (Å²) in [5, 5.41) is 2.44. The summed E-state index contributed by atoms with van der Waals surface area (Å²) < 4.78 is 37.5. The Labute approximate surface area is 117 Å². The van der Waals surface area contributed by atoms with Crippen LogP contribution in [0, 0.1) is 5.82 Å². The molecule has 4 N–H and O–H groups in total. The maximum atomic E-state index is 13.1. The lowest BCUT2D eigenvalue weighted by Crippen LogP contribution is -2.30. The molecule has 1 amide bonds. The van der Waals surface area contributed by atoms with Crippen molar-refractivity contribution in [1.29, 1.82) is 0 Å². The van der Waals surface area contributed by atoms with E-state index < -0.39 is 21.7 Å². The average Bonchev–Trinajstić information content (AvgIpc) is 2.26. The number of anilines is 1. The van der Waals surface area contributed by atoms with Crippen LogP contribution in [0.2, 0.25) is 0 Å². The largest absolute Gasteiger partial charge is 0.351 e. The summed E-state index contributed by atoms with van der Waals surface area (Å²) in [6.45, 7) is 0.448. The van der Waals surface area contributed by atoms with Gasteiger partial charge in [0, 0.05) is 13.1 Å². The van der Waals surface area contributed by atoms with E-state index in [1.807, 2.05) is 0 Å². The summed E-state index contributed by atoms with van der Waals surface area (Å²) in [5.74, 6) is -1.22. The molecule has 9 heteroatoms. The minimum Gasteiger partial charge on any atom is -0.351 e. The highest BCUT2D eigenvalue weighted by molar-refractivity contribution is 7.92. The van der Waals surface area contributed by atoms with Gasteiger partial charge < -0.3 is 11.1 Å². The molecule has 6 nitrogen and oxygen atoms in total. The Bertz CT molecular complexity index is 551. The van der Waals surface area contributed by atoms with E-state index in [0.717, 1.165) is 18.4 Å². The molecule has 0 aromatic heterocycles. The number of amides is 1. The van der Waals surface area contributed by atoms with Crippen molar-refractivity contribution >= 4 is 34.0 Å². The van der Waals surface area contributed by atoms with Gasteiger partial charge in [0.1, 0.15) is 5.82 Å². The number of hydrogen-bond acceptors (Lipinski definition) is 4. The normalized spacial score (nSPS) is 10.5. The summed E-state index contributed by atoms with van der Waals surface area (Å²) in [6.07, 6.45) is 0.942. The summed E-state index contributed by atoms with van der Waals surface area (Å²) in [4.78, 5) is 11.7. The number of rotatable bonds is 5. The number of halogens is 2. The lowest BCUT2D eigenvalue weighted by atomic mass is 10.1. The second kappa shape index (κ2) is 7.27. The fourth-order valence-electron chi connectivity index (χ4n) is 1.27. The average molecular weight is 312 g/mol. The van der Waals surface area contributed by atoms with Crippen LogP contribution in [0.3, 0.4) is 0 Å². The smallest absolute Gasteiger partial charge is 0.253 e. The van der Waals surface area contributed by atoms with Crippen LogP contribution >= 0.6 is 12.4 Å². The van der Waals surface area contributed by atoms with Crippen molar-refractivity contribution in [3.05, 3.63) is 29.6 Å². The number of nitrogens with two attached hydrogens (primary N) is 1. The highest BCUT2D eigenvalue weighted by Crippen LogP contribution is 2.18. The monoisotopic (exact) mass is 311 g/mol. The second-order valence-corrected chi connectivity index (χ2v) is 5.36. The highest BCUT2D eigenvalue weighted by atomic mass is 35.5. The van der Waals surface area contributed by atoms with Crippen molar-refractivity contribution in [2.75, 3.05) is 24.1 Å². The van der Waals surface area contributed by atoms with Crippen molar-refractivity contribution in [3.8, 4) is 0 Å². The standard InChI is InChI=1S/C10H14FN3O3S.ClH/c1-18(16,17)14-9-3-2-7(11)6-8(9)10(15)13-5-4-12;/h2-3,6,14H,4-5,12H2,1H3,(H,13,15);1H. The van der Waals surface area contributed by atoms with Crippen LogP contribution in [0.4, 0.5) is 10.1 Å². The van der Waals surface area contributed by atoms with Gasteiger partial charge in [-0.15, -0.1) is 12.4 Å². The first-order valence-electron chi connectivity index (χ1n) is 5.09. The molecule has 19 heavy (non-hydrogen) atoms. The number of sulfonamides is 1. The summed E-state index contributed by atoms with van der Waals surface area (Å²) in [6, 6.07) is 3.21. The van der Waals surface area contributed by atoms with E-state index in [0.29, 0.717) is 0 Å². The van der Waals surface area contributed by atoms with E-state index in [9.17, 15) is 17.6 Å². The molecular formula is C10H15ClFN3O3S. The van der Waals surface area contributed by atoms with E-state index in [1.165, 1.54) is 6.07 Å². The van der Waals surface area contributed by atoms with E-state index >= 15 is 0 Å². The van der Waals surface area contributed by atoms with Crippen LogP contribution in [-0.2, 0) is 10.0 Å². The molecule has 0 atom stereocenters. The van der Waals surface area contributed by atoms with Gasteiger partial charge in [-0.3, -0.25) is 9.52 Å². The minimum atomic E-state index is -3.54. The molecule has 0 unspecified atom stereocenters. The Balaban J connectivity index is 0.00000324. The van der Waals surface area contributed by atoms with Gasteiger partial charge in [0.05, 0.1) is 17.5 Å². The lowest BCUT2D eigenvalue weighted by molar-refractivity contribution is 0.0955. The molecule has 0 aliphatic carbocycles. The lowest BCUT2D eigenvalue weighted by Gasteiger charge is -2.10. The zero-order valence-electron chi connectivity index (χ0n) is 10.1. The van der Waals surface area contributed by atoms with Crippen LogP contribution in [0.15, 0.2) is 18.2 Å². The predicted molar refractivity (Wildman–Crippen MR) is 73.5 cm³/mol. The molecule has 0 aliphatic rings. The topological polar surface area (TPSA) is 101 Å². The Morgan fingerprint density at radius 1 is 1.42 bits per heavy atom. The molecule has 0 saturated carbocycles. The summed E-state index contributed by atoms with van der Waals surface area (Å²) in [5.41, 5.74) is 5.16. The van der Waals surface area contributed by atoms with Crippen molar-refractivity contribution in [2.45, 2.75) is 0 Å². The Morgan fingerprint density at radius 3 is 2.58 bits per heavy atom. The van der Waals surface area contributed by atoms with Gasteiger partial charge in [0.15, 0.2) is 0 Å². The van der Waals surface area contributed by atoms with E-state index in [2.05, 4.69) is 10.0 Å². The highest BCUT2D eigenvalue weighted by Gasteiger charge is 2.14. The maximum Gasteiger partial charge on any atom is 0.253 e. The van der Waals surface area contributed by atoms with E-state index in [1.54, 1.807) is 0 Å². The van der Waals surface area contributed by atoms with Crippen LogP contribution in [0.1, 0.15) is 10.4 Å². The summed E-state index contributed by atoms with van der Waals surface area (Å²) >= 11 is 0. The Kier molecular flexibility index (Phi) is 6.74. The SMILES string of the molecule is CS(=O)(=O)Nc1ccc(F)cc1C(=O)NCCN.Cl. The third-order valence-corrected chi connectivity index (χ3v) is 2.54. The minimum absolute atomic E-state index is 0. The number of nitrogens with one attached hydrogen (secondary N) is 2. The zero-order valence-corrected chi connectivity index (χ0v) is 11.8. The van der Waals surface area contributed by atoms with E-state index in [4.69, 9.17) is 5.73 Å². The molecule has 0 bridgehead atoms. The number of carbonyl (C=O) groups excluding carboxylic acids is 1. The van der Waals surface area contributed by atoms with Crippen molar-refractivity contribution in [1.82, 2.24) is 5.32 Å². The summed E-state index contributed by atoms with van der Waals surface area (Å²) in [7, 11) is -3.54. The molecule has 0 saturated heterocycles. The molecule has 0 radical (unpaired) electrons. The first-order valence-corrected chi connectivity index (χ1v) is 6.98. The van der Waals surface area contributed by atoms with Crippen LogP contribution in [0.25, 0.3) is 0 Å². The molecule has 0 spiro atoms. The quantitative estimate of drug-likeness (QED) is 0.728. The molecule has 1 rings (SSSR count). The van der Waals surface area contributed by atoms with Crippen molar-refractivity contribution in [2.24, 2.45) is 5.73 Å². The van der Waals surface area contributed by atoms with Gasteiger partial charge in [-0.1, -0.05) is 0 Å². The van der Waals surface area contributed by atoms with Gasteiger partial charge in [-0.25, -0.2) is 12.8 Å². The third-order valence-electron chi connectivity index (χ3n) is 1.95. The zero-order chi connectivity index (χ0) is 13.8. The molecular weight excluding hydrogens is 297 g/mol. The van der Waals surface area contributed by atoms with Gasteiger partial charge >= 0.3 is 0 Å². The van der Waals surface area contributed by atoms with Crippen LogP contribution < -0.4 is 15.8 Å². The number of carbonyl (C=O) groups is 1. The maximum absolute atomic E-state index is 13.1. The van der Waals surface area contributed by atoms with Gasteiger partial charge in [0.2, 0.25) is 10.0 Å². The molecule has 1 aromatic rings. The van der Waals surface area contributed by atoms with Gasteiger partial charge in [-0.05, 0) is 18.2 Å². The van der Waals surface area contributed by atoms with Crippen molar-refractivity contribution in [3.63, 3.8) is 0 Å². The van der Waals surface area contributed by atoms with E-state index in [-0.39, 0.29) is 36.7 Å². The fraction of sp³-hybridized carbons (Fsp3) is 0.300. The number of hydrogen-bond donors (Lipinski definition) is 3. The van der Waals surface area contributed by atoms with Crippen LogP contribution in [-0.4, -0.2) is 33.7 Å². The second-order valence-electron chi connectivity index (χ2n) is 3.61. The molecule has 108 valence electrons. The predicted octanol–water partition coefficient (Wildman–Crippen LogP) is 0.308. The van der Waals surface area contributed by atoms with Gasteiger partial charge in [0.25, 0.3) is 5.91 Å². The Morgan fingerprint density at radius 2 is 2.05 bits per heavy atom. The Hall–Kier alpha value is -1.38. The van der Waals surface area contributed by atoms with Gasteiger partial charge in [-0.2, -0.15) is 0 Å². The third kappa shape index (κ3) is 5.86. The molecule has 0 heterocycles.